The molecule has 2 nitrogen and oxygen atoms in total. The number of nitrogens with two attached hydrogens (primary N) is 1. The van der Waals surface area contributed by atoms with E-state index in [2.05, 4.69) is 29.2 Å². The lowest BCUT2D eigenvalue weighted by Crippen LogP contribution is -2.04. The van der Waals surface area contributed by atoms with E-state index in [1.165, 1.54) is 37.7 Å². The van der Waals surface area contributed by atoms with Crippen LogP contribution in [-0.2, 0) is 0 Å². The van der Waals surface area contributed by atoms with Gasteiger partial charge in [0.2, 0.25) is 0 Å². The molecule has 1 fully saturated rings. The summed E-state index contributed by atoms with van der Waals surface area (Å²) < 4.78 is 0. The molecule has 0 amide bonds. The molecule has 0 spiro atoms. The van der Waals surface area contributed by atoms with E-state index in [9.17, 15) is 0 Å². The van der Waals surface area contributed by atoms with Gasteiger partial charge in [-0.2, -0.15) is 0 Å². The number of aromatic nitrogens is 1. The van der Waals surface area contributed by atoms with Crippen LogP contribution in [0.5, 0.6) is 0 Å². The van der Waals surface area contributed by atoms with Crippen LogP contribution in [-0.4, -0.2) is 4.98 Å². The Hall–Kier alpha value is -1.83. The second-order valence-electron chi connectivity index (χ2n) is 5.40. The molecular formula is C17H20N2. The molecule has 0 atom stereocenters. The Morgan fingerprint density at radius 3 is 2.32 bits per heavy atom. The Morgan fingerprint density at radius 2 is 1.63 bits per heavy atom. The molecule has 19 heavy (non-hydrogen) atoms. The van der Waals surface area contributed by atoms with Crippen molar-refractivity contribution in [2.24, 2.45) is 0 Å². The fourth-order valence-electron chi connectivity index (χ4n) is 2.97. The van der Waals surface area contributed by atoms with Crippen LogP contribution in [0.4, 0.5) is 5.82 Å². The molecule has 1 aliphatic carbocycles. The summed E-state index contributed by atoms with van der Waals surface area (Å²) in [6.07, 6.45) is 6.85. The van der Waals surface area contributed by atoms with Gasteiger partial charge in [-0.25, -0.2) is 4.98 Å². The predicted octanol–water partition coefficient (Wildman–Crippen LogP) is 4.38. The number of pyridine rings is 1. The topological polar surface area (TPSA) is 38.9 Å². The lowest BCUT2D eigenvalue weighted by molar-refractivity contribution is 0.443. The molecule has 2 aromatic rings. The summed E-state index contributed by atoms with van der Waals surface area (Å²) in [6, 6.07) is 14.6. The molecule has 0 saturated heterocycles. The normalized spacial score (nSPS) is 16.4. The highest BCUT2D eigenvalue weighted by Crippen LogP contribution is 2.33. The summed E-state index contributed by atoms with van der Waals surface area (Å²) in [4.78, 5) is 4.36. The van der Waals surface area contributed by atoms with Gasteiger partial charge in [0.15, 0.2) is 0 Å². The minimum atomic E-state index is 0.578. The van der Waals surface area contributed by atoms with Crippen LogP contribution >= 0.6 is 0 Å². The van der Waals surface area contributed by atoms with Crippen LogP contribution in [0.3, 0.4) is 0 Å². The summed E-state index contributed by atoms with van der Waals surface area (Å²) in [7, 11) is 0. The number of anilines is 1. The fraction of sp³-hybridized carbons (Fsp3) is 0.353. The standard InChI is InChI=1S/C17H20N2/c18-17-8-4-7-16(19-17)15-11-9-14(10-12-15)13-5-2-1-3-6-13/h4,7-13H,1-3,5-6H2,(H2,18,19). The van der Waals surface area contributed by atoms with Crippen molar-refractivity contribution < 1.29 is 0 Å². The van der Waals surface area contributed by atoms with E-state index in [4.69, 9.17) is 5.73 Å². The Bertz CT molecular complexity index is 539. The second-order valence-corrected chi connectivity index (χ2v) is 5.40. The van der Waals surface area contributed by atoms with E-state index in [0.29, 0.717) is 5.82 Å². The van der Waals surface area contributed by atoms with Gasteiger partial charge in [0.25, 0.3) is 0 Å². The molecule has 1 aromatic heterocycles. The highest BCUT2D eigenvalue weighted by molar-refractivity contribution is 5.61. The zero-order valence-corrected chi connectivity index (χ0v) is 11.2. The lowest BCUT2D eigenvalue weighted by Gasteiger charge is -2.22. The maximum absolute atomic E-state index is 5.73. The van der Waals surface area contributed by atoms with Crippen LogP contribution < -0.4 is 5.73 Å². The minimum Gasteiger partial charge on any atom is -0.384 e. The summed E-state index contributed by atoms with van der Waals surface area (Å²) in [5.74, 6) is 1.34. The number of benzene rings is 1. The van der Waals surface area contributed by atoms with Gasteiger partial charge in [-0.15, -0.1) is 0 Å². The molecular weight excluding hydrogens is 232 g/mol. The first-order chi connectivity index (χ1) is 9.33. The van der Waals surface area contributed by atoms with Gasteiger partial charge >= 0.3 is 0 Å². The molecule has 2 heteroatoms. The molecule has 1 aliphatic rings. The third kappa shape index (κ3) is 2.78. The van der Waals surface area contributed by atoms with Crippen molar-refractivity contribution in [3.8, 4) is 11.3 Å². The van der Waals surface area contributed by atoms with Gasteiger partial charge < -0.3 is 5.73 Å². The van der Waals surface area contributed by atoms with Gasteiger partial charge in [0.1, 0.15) is 5.82 Å². The largest absolute Gasteiger partial charge is 0.384 e. The van der Waals surface area contributed by atoms with Crippen molar-refractivity contribution in [2.45, 2.75) is 38.0 Å². The fourth-order valence-corrected chi connectivity index (χ4v) is 2.97. The summed E-state index contributed by atoms with van der Waals surface area (Å²) in [5.41, 5.74) is 9.31. The Labute approximate surface area is 114 Å². The highest BCUT2D eigenvalue weighted by atomic mass is 14.8. The minimum absolute atomic E-state index is 0.578. The number of nitrogen functional groups attached to an aromatic ring is 1. The van der Waals surface area contributed by atoms with Gasteiger partial charge in [-0.3, -0.25) is 0 Å². The van der Waals surface area contributed by atoms with Crippen LogP contribution in [0.15, 0.2) is 42.5 Å². The molecule has 3 rings (SSSR count). The van der Waals surface area contributed by atoms with E-state index >= 15 is 0 Å². The van der Waals surface area contributed by atoms with Crippen molar-refractivity contribution in [3.05, 3.63) is 48.0 Å². The van der Waals surface area contributed by atoms with Gasteiger partial charge in [0, 0.05) is 5.56 Å². The maximum atomic E-state index is 5.73. The van der Waals surface area contributed by atoms with Crippen molar-refractivity contribution in [1.29, 1.82) is 0 Å². The molecule has 1 heterocycles. The third-order valence-corrected chi connectivity index (χ3v) is 4.05. The molecule has 0 unspecified atom stereocenters. The molecule has 98 valence electrons. The quantitative estimate of drug-likeness (QED) is 0.861. The number of nitrogens with zero attached hydrogens (tertiary/aromatic N) is 1. The van der Waals surface area contributed by atoms with E-state index in [1.54, 1.807) is 0 Å². The Morgan fingerprint density at radius 1 is 0.895 bits per heavy atom. The van der Waals surface area contributed by atoms with Crippen molar-refractivity contribution >= 4 is 5.82 Å². The lowest BCUT2D eigenvalue weighted by atomic mass is 9.84. The third-order valence-electron chi connectivity index (χ3n) is 4.05. The summed E-state index contributed by atoms with van der Waals surface area (Å²) in [6.45, 7) is 0. The average molecular weight is 252 g/mol. The zero-order valence-electron chi connectivity index (χ0n) is 11.2. The Balaban J connectivity index is 1.82. The zero-order chi connectivity index (χ0) is 13.1. The number of rotatable bonds is 2. The SMILES string of the molecule is Nc1cccc(-c2ccc(C3CCCCC3)cc2)n1. The van der Waals surface area contributed by atoms with Crippen LogP contribution in [0.1, 0.15) is 43.6 Å². The van der Waals surface area contributed by atoms with Crippen molar-refractivity contribution in [2.75, 3.05) is 5.73 Å². The predicted molar refractivity (Wildman–Crippen MR) is 79.9 cm³/mol. The first-order valence-electron chi connectivity index (χ1n) is 7.16. The first-order valence-corrected chi connectivity index (χ1v) is 7.16. The van der Waals surface area contributed by atoms with Gasteiger partial charge in [-0.1, -0.05) is 49.6 Å². The molecule has 0 aliphatic heterocycles. The van der Waals surface area contributed by atoms with Crippen LogP contribution in [0, 0.1) is 0 Å². The highest BCUT2D eigenvalue weighted by Gasteiger charge is 2.15. The Kier molecular flexibility index (Phi) is 3.49. The maximum Gasteiger partial charge on any atom is 0.124 e. The van der Waals surface area contributed by atoms with E-state index in [1.807, 2.05) is 18.2 Å². The smallest absolute Gasteiger partial charge is 0.124 e. The monoisotopic (exact) mass is 252 g/mol. The molecule has 2 N–H and O–H groups in total. The molecule has 1 saturated carbocycles. The molecule has 0 radical (unpaired) electrons. The van der Waals surface area contributed by atoms with Gasteiger partial charge in [-0.05, 0) is 36.5 Å². The van der Waals surface area contributed by atoms with Gasteiger partial charge in [0.05, 0.1) is 5.69 Å². The van der Waals surface area contributed by atoms with E-state index in [0.717, 1.165) is 17.2 Å². The van der Waals surface area contributed by atoms with Crippen LogP contribution in [0.25, 0.3) is 11.3 Å². The first kappa shape index (κ1) is 12.2. The van der Waals surface area contributed by atoms with E-state index < -0.39 is 0 Å². The second kappa shape index (κ2) is 5.43. The average Bonchev–Trinajstić information content (AvgIpc) is 2.48. The van der Waals surface area contributed by atoms with E-state index in [-0.39, 0.29) is 0 Å². The summed E-state index contributed by atoms with van der Waals surface area (Å²) >= 11 is 0. The van der Waals surface area contributed by atoms with Crippen molar-refractivity contribution in [1.82, 2.24) is 4.98 Å². The number of hydrogen-bond donors (Lipinski definition) is 1. The molecule has 1 aromatic carbocycles. The summed E-state index contributed by atoms with van der Waals surface area (Å²) in [5, 5.41) is 0. The number of hydrogen-bond acceptors (Lipinski definition) is 2. The molecule has 0 bridgehead atoms. The van der Waals surface area contributed by atoms with Crippen molar-refractivity contribution in [3.63, 3.8) is 0 Å². The van der Waals surface area contributed by atoms with Crippen LogP contribution in [0.2, 0.25) is 0 Å².